The van der Waals surface area contributed by atoms with Crippen LogP contribution in [0, 0.1) is 11.3 Å². The molecule has 1 aliphatic carbocycles. The average molecular weight is 276 g/mol. The van der Waals surface area contributed by atoms with Gasteiger partial charge in [0, 0.05) is 6.04 Å². The Morgan fingerprint density at radius 1 is 1.22 bits per heavy atom. The van der Waals surface area contributed by atoms with Crippen LogP contribution in [0.3, 0.4) is 0 Å². The van der Waals surface area contributed by atoms with Gasteiger partial charge in [-0.25, -0.2) is 13.6 Å². The lowest BCUT2D eigenvalue weighted by molar-refractivity contribution is 0.131. The van der Waals surface area contributed by atoms with E-state index in [9.17, 15) is 8.42 Å². The van der Waals surface area contributed by atoms with Gasteiger partial charge in [0.25, 0.3) is 0 Å². The van der Waals surface area contributed by atoms with E-state index >= 15 is 0 Å². The predicted octanol–water partition coefficient (Wildman–Crippen LogP) is 1.86. The molecule has 108 valence electrons. The largest absolute Gasteiger partial charge is 0.314 e. The summed E-state index contributed by atoms with van der Waals surface area (Å²) in [5.41, 5.74) is 0.317. The molecule has 18 heavy (non-hydrogen) atoms. The molecular formula is C13H28N2O2S. The number of nitrogens with two attached hydrogens (primary N) is 1. The summed E-state index contributed by atoms with van der Waals surface area (Å²) in [5, 5.41) is 8.53. The van der Waals surface area contributed by atoms with Gasteiger partial charge in [-0.2, -0.15) is 0 Å². The summed E-state index contributed by atoms with van der Waals surface area (Å²) in [6.07, 6.45) is 5.68. The first-order chi connectivity index (χ1) is 8.20. The molecule has 1 aliphatic rings. The second-order valence-electron chi connectivity index (χ2n) is 6.54. The molecule has 5 heteroatoms. The van der Waals surface area contributed by atoms with E-state index < -0.39 is 10.0 Å². The Balaban J connectivity index is 2.39. The van der Waals surface area contributed by atoms with E-state index in [1.165, 1.54) is 25.7 Å². The number of rotatable bonds is 5. The fourth-order valence-corrected chi connectivity index (χ4v) is 3.52. The third kappa shape index (κ3) is 5.67. The maximum atomic E-state index is 10.9. The molecule has 2 atom stereocenters. The van der Waals surface area contributed by atoms with Crippen LogP contribution in [0.15, 0.2) is 0 Å². The summed E-state index contributed by atoms with van der Waals surface area (Å²) in [6, 6.07) is 0.527. The van der Waals surface area contributed by atoms with E-state index in [0.717, 1.165) is 6.54 Å². The van der Waals surface area contributed by atoms with Gasteiger partial charge in [-0.15, -0.1) is 0 Å². The molecule has 1 saturated carbocycles. The van der Waals surface area contributed by atoms with Gasteiger partial charge < -0.3 is 5.32 Å². The van der Waals surface area contributed by atoms with Crippen molar-refractivity contribution in [2.24, 2.45) is 16.5 Å². The average Bonchev–Trinajstić information content (AvgIpc) is 2.22. The van der Waals surface area contributed by atoms with E-state index in [1.807, 2.05) is 0 Å². The lowest BCUT2D eigenvalue weighted by atomic mass is 9.69. The van der Waals surface area contributed by atoms with Crippen molar-refractivity contribution in [3.63, 3.8) is 0 Å². The van der Waals surface area contributed by atoms with Crippen LogP contribution in [0.25, 0.3) is 0 Å². The summed E-state index contributed by atoms with van der Waals surface area (Å²) in [4.78, 5) is 0. The van der Waals surface area contributed by atoms with Crippen LogP contribution in [0.5, 0.6) is 0 Å². The summed E-state index contributed by atoms with van der Waals surface area (Å²) >= 11 is 0. The van der Waals surface area contributed by atoms with Gasteiger partial charge in [0.1, 0.15) is 0 Å². The molecule has 0 aromatic heterocycles. The zero-order valence-corrected chi connectivity index (χ0v) is 12.7. The lowest BCUT2D eigenvalue weighted by Gasteiger charge is -2.41. The third-order valence-corrected chi connectivity index (χ3v) is 4.75. The van der Waals surface area contributed by atoms with Crippen LogP contribution in [-0.4, -0.2) is 26.8 Å². The first kappa shape index (κ1) is 15.9. The molecule has 0 radical (unpaired) electrons. The van der Waals surface area contributed by atoms with E-state index in [-0.39, 0.29) is 5.75 Å². The van der Waals surface area contributed by atoms with Gasteiger partial charge in [0.05, 0.1) is 5.75 Å². The van der Waals surface area contributed by atoms with Gasteiger partial charge in [0.15, 0.2) is 0 Å². The smallest absolute Gasteiger partial charge is 0.209 e. The van der Waals surface area contributed by atoms with Crippen molar-refractivity contribution in [2.45, 2.75) is 58.9 Å². The number of sulfonamides is 1. The first-order valence-corrected chi connectivity index (χ1v) is 8.65. The Bertz CT molecular complexity index is 346. The molecule has 3 N–H and O–H groups in total. The Morgan fingerprint density at radius 2 is 1.83 bits per heavy atom. The summed E-state index contributed by atoms with van der Waals surface area (Å²) < 4.78 is 21.7. The summed E-state index contributed by atoms with van der Waals surface area (Å²) in [7, 11) is -3.31. The second kappa shape index (κ2) is 6.35. The second-order valence-corrected chi connectivity index (χ2v) is 8.27. The summed E-state index contributed by atoms with van der Waals surface area (Å²) in [5.74, 6) is 0.758. The van der Waals surface area contributed by atoms with Crippen molar-refractivity contribution >= 4 is 10.0 Å². The molecule has 0 amide bonds. The van der Waals surface area contributed by atoms with Crippen molar-refractivity contribution in [3.05, 3.63) is 0 Å². The quantitative estimate of drug-likeness (QED) is 0.753. The molecule has 0 spiro atoms. The fourth-order valence-electron chi connectivity index (χ4n) is 2.97. The highest BCUT2D eigenvalue weighted by molar-refractivity contribution is 7.89. The van der Waals surface area contributed by atoms with E-state index in [1.54, 1.807) is 0 Å². The summed E-state index contributed by atoms with van der Waals surface area (Å²) in [6.45, 7) is 7.62. The maximum Gasteiger partial charge on any atom is 0.209 e. The number of primary sulfonamides is 1. The molecule has 0 saturated heterocycles. The highest BCUT2D eigenvalue weighted by atomic mass is 32.2. The fraction of sp³-hybridized carbons (Fsp3) is 1.00. The maximum absolute atomic E-state index is 10.9. The number of hydrogen-bond acceptors (Lipinski definition) is 3. The molecular weight excluding hydrogens is 248 g/mol. The minimum Gasteiger partial charge on any atom is -0.314 e. The van der Waals surface area contributed by atoms with Crippen molar-refractivity contribution in [3.8, 4) is 0 Å². The van der Waals surface area contributed by atoms with E-state index in [4.69, 9.17) is 5.14 Å². The standard InChI is InChI=1S/C13H28N2O2S/c1-13(2,3)11-7-4-5-8-12(11)15-9-6-10-18(14,16)17/h11-12,15H,4-10H2,1-3H3,(H2,14,16,17). The van der Waals surface area contributed by atoms with Gasteiger partial charge in [-0.05, 0) is 37.1 Å². The van der Waals surface area contributed by atoms with Gasteiger partial charge in [0.2, 0.25) is 10.0 Å². The van der Waals surface area contributed by atoms with Crippen LogP contribution in [0.4, 0.5) is 0 Å². The molecule has 4 nitrogen and oxygen atoms in total. The molecule has 0 aliphatic heterocycles. The van der Waals surface area contributed by atoms with Crippen LogP contribution in [-0.2, 0) is 10.0 Å². The van der Waals surface area contributed by atoms with Crippen LogP contribution in [0.2, 0.25) is 0 Å². The highest BCUT2D eigenvalue weighted by Crippen LogP contribution is 2.37. The normalized spacial score (nSPS) is 26.2. The molecule has 0 bridgehead atoms. The highest BCUT2D eigenvalue weighted by Gasteiger charge is 2.33. The van der Waals surface area contributed by atoms with E-state index in [0.29, 0.717) is 23.8 Å². The third-order valence-electron chi connectivity index (χ3n) is 3.89. The minimum absolute atomic E-state index is 0.0763. The van der Waals surface area contributed by atoms with Crippen molar-refractivity contribution in [1.82, 2.24) is 5.32 Å². The number of hydrogen-bond donors (Lipinski definition) is 2. The molecule has 2 unspecified atom stereocenters. The van der Waals surface area contributed by atoms with Crippen LogP contribution in [0.1, 0.15) is 52.9 Å². The Hall–Kier alpha value is -0.130. The van der Waals surface area contributed by atoms with Crippen LogP contribution >= 0.6 is 0 Å². The van der Waals surface area contributed by atoms with Crippen molar-refractivity contribution < 1.29 is 8.42 Å². The van der Waals surface area contributed by atoms with E-state index in [2.05, 4.69) is 26.1 Å². The molecule has 1 fully saturated rings. The number of nitrogens with one attached hydrogen (secondary N) is 1. The van der Waals surface area contributed by atoms with Crippen molar-refractivity contribution in [2.75, 3.05) is 12.3 Å². The first-order valence-electron chi connectivity index (χ1n) is 6.94. The topological polar surface area (TPSA) is 72.2 Å². The predicted molar refractivity (Wildman–Crippen MR) is 75.8 cm³/mol. The molecule has 0 aromatic rings. The van der Waals surface area contributed by atoms with Gasteiger partial charge >= 0.3 is 0 Å². The Labute approximate surface area is 112 Å². The van der Waals surface area contributed by atoms with Gasteiger partial charge in [-0.1, -0.05) is 33.6 Å². The van der Waals surface area contributed by atoms with Crippen LogP contribution < -0.4 is 10.5 Å². The zero-order valence-electron chi connectivity index (χ0n) is 11.9. The monoisotopic (exact) mass is 276 g/mol. The lowest BCUT2D eigenvalue weighted by Crippen LogP contribution is -2.44. The minimum atomic E-state index is -3.31. The Morgan fingerprint density at radius 3 is 2.39 bits per heavy atom. The molecule has 1 rings (SSSR count). The Kier molecular flexibility index (Phi) is 5.62. The van der Waals surface area contributed by atoms with Gasteiger partial charge in [-0.3, -0.25) is 0 Å². The molecule has 0 heterocycles. The van der Waals surface area contributed by atoms with Crippen molar-refractivity contribution in [1.29, 1.82) is 0 Å². The molecule has 0 aromatic carbocycles. The SMILES string of the molecule is CC(C)(C)C1CCCCC1NCCCS(N)(=O)=O. The zero-order chi connectivity index (χ0) is 13.8.